The fraction of sp³-hybridized carbons (Fsp3) is 0.522. The molecule has 2 aliphatic heterocycles. The van der Waals surface area contributed by atoms with Gasteiger partial charge in [-0.05, 0) is 50.2 Å². The molecule has 2 aliphatic rings. The first-order valence-electron chi connectivity index (χ1n) is 10.7. The smallest absolute Gasteiger partial charge is 0.124 e. The minimum Gasteiger partial charge on any atom is -0.489 e. The van der Waals surface area contributed by atoms with E-state index in [9.17, 15) is 0 Å². The first-order valence-corrected chi connectivity index (χ1v) is 11.1. The fourth-order valence-electron chi connectivity index (χ4n) is 4.16. The van der Waals surface area contributed by atoms with Crippen LogP contribution >= 0.6 is 11.6 Å². The molecular formula is C23H31ClN4O. The Labute approximate surface area is 179 Å². The van der Waals surface area contributed by atoms with Crippen LogP contribution in [0.4, 0.5) is 0 Å². The normalized spacial score (nSPS) is 18.9. The third-order valence-corrected chi connectivity index (χ3v) is 6.16. The molecule has 0 aliphatic carbocycles. The maximum absolute atomic E-state index is 6.28. The molecule has 0 saturated carbocycles. The summed E-state index contributed by atoms with van der Waals surface area (Å²) >= 11 is 6.28. The first kappa shape index (κ1) is 20.6. The van der Waals surface area contributed by atoms with E-state index in [1.165, 1.54) is 39.0 Å². The zero-order chi connectivity index (χ0) is 19.9. The molecule has 0 radical (unpaired) electrons. The van der Waals surface area contributed by atoms with Crippen molar-refractivity contribution >= 4 is 11.6 Å². The molecule has 0 atom stereocenters. The molecule has 3 heterocycles. The third-order valence-electron chi connectivity index (χ3n) is 5.93. The molecule has 2 fully saturated rings. The highest BCUT2D eigenvalue weighted by atomic mass is 35.5. The van der Waals surface area contributed by atoms with Crippen LogP contribution in [0, 0.1) is 0 Å². The van der Waals surface area contributed by atoms with E-state index in [-0.39, 0.29) is 0 Å². The Hall–Kier alpha value is -1.66. The summed E-state index contributed by atoms with van der Waals surface area (Å²) in [6.07, 6.45) is 6.37. The predicted octanol–water partition coefficient (Wildman–Crippen LogP) is 3.53. The number of nitrogens with zero attached hydrogens (tertiary/aromatic N) is 4. The molecule has 1 aromatic carbocycles. The molecule has 0 bridgehead atoms. The van der Waals surface area contributed by atoms with E-state index in [1.807, 2.05) is 36.5 Å². The summed E-state index contributed by atoms with van der Waals surface area (Å²) in [6.45, 7) is 10.9. The highest BCUT2D eigenvalue weighted by Gasteiger charge is 2.20. The number of aromatic nitrogens is 1. The zero-order valence-electron chi connectivity index (χ0n) is 17.1. The minimum atomic E-state index is 0.521. The molecule has 0 spiro atoms. The van der Waals surface area contributed by atoms with Crippen LogP contribution in [0.25, 0.3) is 0 Å². The van der Waals surface area contributed by atoms with Gasteiger partial charge in [-0.1, -0.05) is 17.7 Å². The van der Waals surface area contributed by atoms with E-state index in [2.05, 4.69) is 19.7 Å². The molecule has 2 saturated heterocycles. The quantitative estimate of drug-likeness (QED) is 0.659. The van der Waals surface area contributed by atoms with Gasteiger partial charge in [0.1, 0.15) is 12.4 Å². The number of pyridine rings is 1. The molecule has 5 nitrogen and oxygen atoms in total. The van der Waals surface area contributed by atoms with Crippen molar-refractivity contribution in [2.24, 2.45) is 0 Å². The summed E-state index contributed by atoms with van der Waals surface area (Å²) in [5.41, 5.74) is 2.23. The second-order valence-electron chi connectivity index (χ2n) is 8.07. The van der Waals surface area contributed by atoms with Gasteiger partial charge in [0.2, 0.25) is 0 Å². The maximum atomic E-state index is 6.28. The second-order valence-corrected chi connectivity index (χ2v) is 8.50. The topological polar surface area (TPSA) is 31.8 Å². The van der Waals surface area contributed by atoms with Gasteiger partial charge < -0.3 is 9.64 Å². The number of rotatable bonds is 8. The SMILES string of the molecule is Clc1ccc(OCc2cccnc2)c(CN2CCN(CCN3CCCC3)CC2)c1. The number of ether oxygens (including phenoxy) is 1. The van der Waals surface area contributed by atoms with Crippen LogP contribution < -0.4 is 4.74 Å². The Morgan fingerprint density at radius 1 is 0.897 bits per heavy atom. The average Bonchev–Trinajstić information content (AvgIpc) is 3.27. The monoisotopic (exact) mass is 414 g/mol. The molecule has 1 aromatic heterocycles. The molecular weight excluding hydrogens is 384 g/mol. The molecule has 6 heteroatoms. The Morgan fingerprint density at radius 2 is 1.62 bits per heavy atom. The molecule has 156 valence electrons. The summed E-state index contributed by atoms with van der Waals surface area (Å²) in [4.78, 5) is 11.9. The summed E-state index contributed by atoms with van der Waals surface area (Å²) in [5, 5.41) is 0.762. The van der Waals surface area contributed by atoms with Crippen molar-refractivity contribution < 1.29 is 4.74 Å². The largest absolute Gasteiger partial charge is 0.489 e. The number of hydrogen-bond donors (Lipinski definition) is 0. The Kier molecular flexibility index (Phi) is 7.39. The van der Waals surface area contributed by atoms with Crippen molar-refractivity contribution in [1.29, 1.82) is 0 Å². The number of benzene rings is 1. The third kappa shape index (κ3) is 6.16. The van der Waals surface area contributed by atoms with Crippen molar-refractivity contribution in [3.8, 4) is 5.75 Å². The van der Waals surface area contributed by atoms with Crippen LogP contribution in [0.3, 0.4) is 0 Å². The highest BCUT2D eigenvalue weighted by molar-refractivity contribution is 6.30. The van der Waals surface area contributed by atoms with E-state index < -0.39 is 0 Å². The van der Waals surface area contributed by atoms with Crippen LogP contribution in [0.1, 0.15) is 24.0 Å². The lowest BCUT2D eigenvalue weighted by atomic mass is 10.1. The molecule has 0 unspecified atom stereocenters. The second kappa shape index (κ2) is 10.4. The Bertz CT molecular complexity index is 759. The lowest BCUT2D eigenvalue weighted by molar-refractivity contribution is 0.116. The lowest BCUT2D eigenvalue weighted by Gasteiger charge is -2.35. The Morgan fingerprint density at radius 3 is 2.34 bits per heavy atom. The van der Waals surface area contributed by atoms with Crippen LogP contribution in [-0.2, 0) is 13.2 Å². The van der Waals surface area contributed by atoms with E-state index in [0.29, 0.717) is 6.61 Å². The molecule has 0 N–H and O–H groups in total. The van der Waals surface area contributed by atoms with E-state index in [0.717, 1.165) is 54.6 Å². The van der Waals surface area contributed by atoms with Gasteiger partial charge in [0.25, 0.3) is 0 Å². The number of halogens is 1. The lowest BCUT2D eigenvalue weighted by Crippen LogP contribution is -2.47. The van der Waals surface area contributed by atoms with E-state index in [4.69, 9.17) is 16.3 Å². The van der Waals surface area contributed by atoms with Gasteiger partial charge >= 0.3 is 0 Å². The van der Waals surface area contributed by atoms with Crippen LogP contribution in [0.5, 0.6) is 5.75 Å². The van der Waals surface area contributed by atoms with Gasteiger partial charge in [0.15, 0.2) is 0 Å². The predicted molar refractivity (Wildman–Crippen MR) is 117 cm³/mol. The summed E-state index contributed by atoms with van der Waals surface area (Å²) < 4.78 is 6.10. The molecule has 0 amide bonds. The van der Waals surface area contributed by atoms with Crippen LogP contribution in [0.15, 0.2) is 42.7 Å². The summed E-state index contributed by atoms with van der Waals surface area (Å²) in [7, 11) is 0. The van der Waals surface area contributed by atoms with Gasteiger partial charge in [-0.15, -0.1) is 0 Å². The summed E-state index contributed by atoms with van der Waals surface area (Å²) in [6, 6.07) is 9.90. The zero-order valence-corrected chi connectivity index (χ0v) is 17.9. The van der Waals surface area contributed by atoms with Gasteiger partial charge in [-0.3, -0.25) is 14.8 Å². The van der Waals surface area contributed by atoms with Crippen LogP contribution in [0.2, 0.25) is 5.02 Å². The van der Waals surface area contributed by atoms with E-state index >= 15 is 0 Å². The van der Waals surface area contributed by atoms with Gasteiger partial charge in [-0.2, -0.15) is 0 Å². The average molecular weight is 415 g/mol. The standard InChI is InChI=1S/C23H31ClN4O/c24-22-5-6-23(29-19-20-4-3-7-25-17-20)21(16-22)18-28-14-12-27(13-15-28)11-10-26-8-1-2-9-26/h3-7,16-17H,1-2,8-15,18-19H2. The molecule has 2 aromatic rings. The fourth-order valence-corrected chi connectivity index (χ4v) is 4.35. The number of likely N-dealkylation sites (tertiary alicyclic amines) is 1. The number of piperazine rings is 1. The number of hydrogen-bond acceptors (Lipinski definition) is 5. The van der Waals surface area contributed by atoms with Crippen molar-refractivity contribution in [2.75, 3.05) is 52.4 Å². The molecule has 4 rings (SSSR count). The van der Waals surface area contributed by atoms with Gasteiger partial charge in [0.05, 0.1) is 0 Å². The van der Waals surface area contributed by atoms with Gasteiger partial charge in [0, 0.05) is 74.4 Å². The Balaban J connectivity index is 1.28. The van der Waals surface area contributed by atoms with Crippen LogP contribution in [-0.4, -0.2) is 72.0 Å². The van der Waals surface area contributed by atoms with Crippen molar-refractivity contribution in [3.05, 3.63) is 58.9 Å². The molecule has 29 heavy (non-hydrogen) atoms. The van der Waals surface area contributed by atoms with Gasteiger partial charge in [-0.25, -0.2) is 0 Å². The first-order chi connectivity index (χ1) is 14.3. The summed E-state index contributed by atoms with van der Waals surface area (Å²) in [5.74, 6) is 0.912. The maximum Gasteiger partial charge on any atom is 0.124 e. The van der Waals surface area contributed by atoms with Crippen molar-refractivity contribution in [2.45, 2.75) is 26.0 Å². The van der Waals surface area contributed by atoms with E-state index in [1.54, 1.807) is 6.20 Å². The minimum absolute atomic E-state index is 0.521. The van der Waals surface area contributed by atoms with Crippen molar-refractivity contribution in [1.82, 2.24) is 19.7 Å². The highest BCUT2D eigenvalue weighted by Crippen LogP contribution is 2.25. The van der Waals surface area contributed by atoms with Crippen molar-refractivity contribution in [3.63, 3.8) is 0 Å².